The first-order valence-electron chi connectivity index (χ1n) is 9.59. The molecule has 0 bridgehead atoms. The Labute approximate surface area is 172 Å². The van der Waals surface area contributed by atoms with Crippen LogP contribution >= 0.6 is 11.6 Å². The third-order valence-electron chi connectivity index (χ3n) is 5.18. The molecule has 150 valence electrons. The molecule has 0 amide bonds. The number of anilines is 2. The Kier molecular flexibility index (Phi) is 4.85. The van der Waals surface area contributed by atoms with Gasteiger partial charge >= 0.3 is 0 Å². The second kappa shape index (κ2) is 7.65. The zero-order valence-corrected chi connectivity index (χ0v) is 16.3. The molecule has 0 aliphatic carbocycles. The minimum atomic E-state index is -0.411. The zero-order valence-electron chi connectivity index (χ0n) is 15.6. The van der Waals surface area contributed by atoms with E-state index in [1.54, 1.807) is 0 Å². The SMILES string of the molecule is Fc1cc(OC2CCOCC2)c2c(Nc3c(Cl)ccc4c3OCC4)ncnc2c1. The van der Waals surface area contributed by atoms with Crippen molar-refractivity contribution < 1.29 is 18.6 Å². The molecule has 1 N–H and O–H groups in total. The zero-order chi connectivity index (χ0) is 19.8. The number of nitrogens with zero attached hydrogens (tertiary/aromatic N) is 2. The first-order chi connectivity index (χ1) is 14.2. The Morgan fingerprint density at radius 3 is 2.86 bits per heavy atom. The van der Waals surface area contributed by atoms with Crippen molar-refractivity contribution in [1.82, 2.24) is 9.97 Å². The molecule has 2 aliphatic rings. The fraction of sp³-hybridized carbons (Fsp3) is 0.333. The Morgan fingerprint density at radius 2 is 2.00 bits per heavy atom. The number of benzene rings is 2. The van der Waals surface area contributed by atoms with E-state index < -0.39 is 5.82 Å². The molecule has 3 aromatic rings. The lowest BCUT2D eigenvalue weighted by Gasteiger charge is -2.24. The summed E-state index contributed by atoms with van der Waals surface area (Å²) in [5.41, 5.74) is 2.18. The summed E-state index contributed by atoms with van der Waals surface area (Å²) < 4.78 is 31.5. The summed E-state index contributed by atoms with van der Waals surface area (Å²) in [5, 5.41) is 4.40. The van der Waals surface area contributed by atoms with Crippen LogP contribution in [0.1, 0.15) is 18.4 Å². The molecule has 0 unspecified atom stereocenters. The number of halogens is 2. The van der Waals surface area contributed by atoms with E-state index in [9.17, 15) is 4.39 Å². The molecule has 0 radical (unpaired) electrons. The van der Waals surface area contributed by atoms with Crippen LogP contribution in [0.15, 0.2) is 30.6 Å². The highest BCUT2D eigenvalue weighted by molar-refractivity contribution is 6.33. The Bertz CT molecular complexity index is 1070. The summed E-state index contributed by atoms with van der Waals surface area (Å²) in [6.07, 6.45) is 3.67. The van der Waals surface area contributed by atoms with E-state index in [0.29, 0.717) is 53.0 Å². The highest BCUT2D eigenvalue weighted by atomic mass is 35.5. The fourth-order valence-electron chi connectivity index (χ4n) is 3.74. The number of rotatable bonds is 4. The average Bonchev–Trinajstić information content (AvgIpc) is 3.20. The van der Waals surface area contributed by atoms with Gasteiger partial charge in [-0.25, -0.2) is 14.4 Å². The van der Waals surface area contributed by atoms with Gasteiger partial charge in [0.25, 0.3) is 0 Å². The molecule has 0 spiro atoms. The maximum Gasteiger partial charge on any atom is 0.147 e. The van der Waals surface area contributed by atoms with Crippen LogP contribution in [0.25, 0.3) is 10.9 Å². The predicted octanol–water partition coefficient (Wildman–Crippen LogP) is 4.66. The third kappa shape index (κ3) is 3.56. The van der Waals surface area contributed by atoms with Crippen LogP contribution in [0.3, 0.4) is 0 Å². The Hall–Kier alpha value is -2.64. The van der Waals surface area contributed by atoms with Gasteiger partial charge in [-0.05, 0) is 11.6 Å². The first kappa shape index (κ1) is 18.4. The average molecular weight is 416 g/mol. The molecule has 5 rings (SSSR count). The summed E-state index contributed by atoms with van der Waals surface area (Å²) >= 11 is 6.44. The van der Waals surface area contributed by atoms with Gasteiger partial charge in [-0.1, -0.05) is 17.7 Å². The maximum atomic E-state index is 14.2. The lowest BCUT2D eigenvalue weighted by Crippen LogP contribution is -2.26. The van der Waals surface area contributed by atoms with Crippen LogP contribution in [-0.2, 0) is 11.2 Å². The van der Waals surface area contributed by atoms with Crippen LogP contribution in [0, 0.1) is 5.82 Å². The second-order valence-electron chi connectivity index (χ2n) is 7.08. The summed E-state index contributed by atoms with van der Waals surface area (Å²) in [6.45, 7) is 1.86. The second-order valence-corrected chi connectivity index (χ2v) is 7.49. The summed E-state index contributed by atoms with van der Waals surface area (Å²) in [4.78, 5) is 8.62. The van der Waals surface area contributed by atoms with Crippen molar-refractivity contribution in [3.05, 3.63) is 47.0 Å². The molecule has 8 heteroatoms. The number of nitrogens with one attached hydrogen (secondary N) is 1. The van der Waals surface area contributed by atoms with Crippen molar-refractivity contribution in [2.75, 3.05) is 25.1 Å². The summed E-state index contributed by atoms with van der Waals surface area (Å²) in [5.74, 6) is 1.20. The molecule has 3 heterocycles. The number of ether oxygens (including phenoxy) is 3. The minimum absolute atomic E-state index is 0.0466. The van der Waals surface area contributed by atoms with E-state index in [0.717, 1.165) is 30.6 Å². The number of fused-ring (bicyclic) bond motifs is 2. The standard InChI is InChI=1S/C21H19ClFN3O3/c22-15-2-1-12-3-8-28-20(12)19(15)26-21-18-16(24-11-25-21)9-13(23)10-17(18)29-14-4-6-27-7-5-14/h1-2,9-11,14H,3-8H2,(H,24,25,26). The highest BCUT2D eigenvalue weighted by Gasteiger charge is 2.23. The van der Waals surface area contributed by atoms with Gasteiger partial charge in [0.05, 0.1) is 35.7 Å². The van der Waals surface area contributed by atoms with Gasteiger partial charge < -0.3 is 19.5 Å². The minimum Gasteiger partial charge on any atom is -0.491 e. The van der Waals surface area contributed by atoms with E-state index in [2.05, 4.69) is 15.3 Å². The Morgan fingerprint density at radius 1 is 1.14 bits per heavy atom. The first-order valence-corrected chi connectivity index (χ1v) is 9.96. The molecule has 1 fully saturated rings. The van der Waals surface area contributed by atoms with E-state index in [-0.39, 0.29) is 6.10 Å². The van der Waals surface area contributed by atoms with Crippen molar-refractivity contribution in [3.8, 4) is 11.5 Å². The van der Waals surface area contributed by atoms with Crippen molar-refractivity contribution in [3.63, 3.8) is 0 Å². The fourth-order valence-corrected chi connectivity index (χ4v) is 3.94. The summed E-state index contributed by atoms with van der Waals surface area (Å²) in [7, 11) is 0. The Balaban J connectivity index is 1.59. The lowest BCUT2D eigenvalue weighted by atomic mass is 10.1. The van der Waals surface area contributed by atoms with Crippen molar-refractivity contribution in [2.45, 2.75) is 25.4 Å². The van der Waals surface area contributed by atoms with Crippen molar-refractivity contribution in [1.29, 1.82) is 0 Å². The van der Waals surface area contributed by atoms with E-state index in [4.69, 9.17) is 25.8 Å². The monoisotopic (exact) mass is 415 g/mol. The van der Waals surface area contributed by atoms with Crippen molar-refractivity contribution >= 4 is 34.0 Å². The topological polar surface area (TPSA) is 65.5 Å². The van der Waals surface area contributed by atoms with Crippen LogP contribution < -0.4 is 14.8 Å². The molecule has 2 aliphatic heterocycles. The van der Waals surface area contributed by atoms with Crippen LogP contribution in [0.2, 0.25) is 5.02 Å². The predicted molar refractivity (Wildman–Crippen MR) is 108 cm³/mol. The molecule has 29 heavy (non-hydrogen) atoms. The number of hydrogen-bond acceptors (Lipinski definition) is 6. The molecule has 1 saturated heterocycles. The number of aromatic nitrogens is 2. The van der Waals surface area contributed by atoms with E-state index >= 15 is 0 Å². The lowest BCUT2D eigenvalue weighted by molar-refractivity contribution is 0.0261. The molecule has 0 saturated carbocycles. The number of hydrogen-bond donors (Lipinski definition) is 1. The summed E-state index contributed by atoms with van der Waals surface area (Å²) in [6, 6.07) is 6.54. The molecular weight excluding hydrogens is 397 g/mol. The van der Waals surface area contributed by atoms with Crippen LogP contribution in [0.4, 0.5) is 15.9 Å². The molecule has 1 aromatic heterocycles. The van der Waals surface area contributed by atoms with Gasteiger partial charge in [0.2, 0.25) is 0 Å². The van der Waals surface area contributed by atoms with Gasteiger partial charge in [-0.15, -0.1) is 0 Å². The van der Waals surface area contributed by atoms with Gasteiger partial charge in [-0.2, -0.15) is 0 Å². The largest absolute Gasteiger partial charge is 0.491 e. The quantitative estimate of drug-likeness (QED) is 0.668. The van der Waals surface area contributed by atoms with Crippen molar-refractivity contribution in [2.24, 2.45) is 0 Å². The highest BCUT2D eigenvalue weighted by Crippen LogP contribution is 2.42. The van der Waals surface area contributed by atoms with E-state index in [1.807, 2.05) is 12.1 Å². The molecule has 2 aromatic carbocycles. The van der Waals surface area contributed by atoms with Gasteiger partial charge in [-0.3, -0.25) is 0 Å². The van der Waals surface area contributed by atoms with Gasteiger partial charge in [0.15, 0.2) is 0 Å². The normalized spacial score (nSPS) is 16.5. The smallest absolute Gasteiger partial charge is 0.147 e. The maximum absolute atomic E-state index is 14.2. The van der Waals surface area contributed by atoms with Crippen LogP contribution in [0.5, 0.6) is 11.5 Å². The molecular formula is C21H19ClFN3O3. The third-order valence-corrected chi connectivity index (χ3v) is 5.49. The van der Waals surface area contributed by atoms with Gasteiger partial charge in [0.1, 0.15) is 41.3 Å². The molecule has 6 nitrogen and oxygen atoms in total. The van der Waals surface area contributed by atoms with E-state index in [1.165, 1.54) is 18.5 Å². The van der Waals surface area contributed by atoms with Crippen LogP contribution in [-0.4, -0.2) is 35.9 Å². The van der Waals surface area contributed by atoms with Gasteiger partial charge in [0, 0.05) is 31.4 Å². The molecule has 0 atom stereocenters.